The Morgan fingerprint density at radius 1 is 1.19 bits per heavy atom. The molecule has 0 saturated heterocycles. The number of benzene rings is 1. The van der Waals surface area contributed by atoms with E-state index >= 15 is 0 Å². The summed E-state index contributed by atoms with van der Waals surface area (Å²) in [6.07, 6.45) is 0. The number of aryl methyl sites for hydroxylation is 1. The molecule has 4 heteroatoms. The molecule has 0 unspecified atom stereocenters. The molecule has 0 spiro atoms. The standard InChI is InChI=1S/C12H19NO3/c1-10-3-4-11(12(9-10)16-2)13(5-7-14)6-8-15/h3-4,9,14-15H,5-8H2,1-2H3. The lowest BCUT2D eigenvalue weighted by molar-refractivity contribution is 0.280. The molecule has 0 aliphatic carbocycles. The van der Waals surface area contributed by atoms with E-state index in [1.807, 2.05) is 30.0 Å². The summed E-state index contributed by atoms with van der Waals surface area (Å²) in [6.45, 7) is 3.07. The van der Waals surface area contributed by atoms with Gasteiger partial charge < -0.3 is 19.8 Å². The van der Waals surface area contributed by atoms with Crippen LogP contribution in [0.15, 0.2) is 18.2 Å². The molecule has 90 valence electrons. The van der Waals surface area contributed by atoms with Crippen LogP contribution in [0.25, 0.3) is 0 Å². The zero-order chi connectivity index (χ0) is 12.0. The Labute approximate surface area is 96.1 Å². The number of rotatable bonds is 6. The molecule has 1 aromatic carbocycles. The van der Waals surface area contributed by atoms with E-state index in [9.17, 15) is 0 Å². The van der Waals surface area contributed by atoms with Crippen molar-refractivity contribution in [1.82, 2.24) is 0 Å². The van der Waals surface area contributed by atoms with Crippen LogP contribution in [0, 0.1) is 6.92 Å². The predicted molar refractivity (Wildman–Crippen MR) is 64.1 cm³/mol. The van der Waals surface area contributed by atoms with Gasteiger partial charge in [0, 0.05) is 13.1 Å². The molecule has 0 heterocycles. The van der Waals surface area contributed by atoms with Gasteiger partial charge in [-0.1, -0.05) is 6.07 Å². The van der Waals surface area contributed by atoms with Crippen LogP contribution in [0.3, 0.4) is 0 Å². The van der Waals surface area contributed by atoms with Crippen LogP contribution in [-0.4, -0.2) is 43.6 Å². The summed E-state index contributed by atoms with van der Waals surface area (Å²) in [6, 6.07) is 5.87. The van der Waals surface area contributed by atoms with E-state index in [0.29, 0.717) is 13.1 Å². The number of aliphatic hydroxyl groups excluding tert-OH is 2. The molecule has 0 aromatic heterocycles. The second-order valence-corrected chi connectivity index (χ2v) is 3.61. The lowest BCUT2D eigenvalue weighted by atomic mass is 10.2. The minimum Gasteiger partial charge on any atom is -0.495 e. The van der Waals surface area contributed by atoms with E-state index in [-0.39, 0.29) is 13.2 Å². The normalized spacial score (nSPS) is 10.2. The van der Waals surface area contributed by atoms with Gasteiger partial charge in [0.1, 0.15) is 5.75 Å². The molecule has 0 aliphatic heterocycles. The fourth-order valence-corrected chi connectivity index (χ4v) is 1.64. The highest BCUT2D eigenvalue weighted by Crippen LogP contribution is 2.28. The summed E-state index contributed by atoms with van der Waals surface area (Å²) in [5, 5.41) is 18.0. The molecule has 0 radical (unpaired) electrons. The van der Waals surface area contributed by atoms with Crippen molar-refractivity contribution < 1.29 is 14.9 Å². The van der Waals surface area contributed by atoms with Crippen molar-refractivity contribution in [2.24, 2.45) is 0 Å². The van der Waals surface area contributed by atoms with Crippen LogP contribution in [0.2, 0.25) is 0 Å². The van der Waals surface area contributed by atoms with Crippen molar-refractivity contribution >= 4 is 5.69 Å². The summed E-state index contributed by atoms with van der Waals surface area (Å²) < 4.78 is 5.29. The highest BCUT2D eigenvalue weighted by Gasteiger charge is 2.10. The maximum Gasteiger partial charge on any atom is 0.142 e. The quantitative estimate of drug-likeness (QED) is 0.751. The third kappa shape index (κ3) is 3.12. The van der Waals surface area contributed by atoms with E-state index in [1.165, 1.54) is 0 Å². The molecule has 0 saturated carbocycles. The van der Waals surface area contributed by atoms with Crippen LogP contribution in [0.5, 0.6) is 5.75 Å². The average Bonchev–Trinajstić information content (AvgIpc) is 2.28. The largest absolute Gasteiger partial charge is 0.495 e. The van der Waals surface area contributed by atoms with E-state index in [0.717, 1.165) is 17.0 Å². The molecule has 0 bridgehead atoms. The van der Waals surface area contributed by atoms with E-state index < -0.39 is 0 Å². The molecule has 0 amide bonds. The predicted octanol–water partition coefficient (Wildman–Crippen LogP) is 0.795. The second-order valence-electron chi connectivity index (χ2n) is 3.61. The summed E-state index contributed by atoms with van der Waals surface area (Å²) in [4.78, 5) is 1.90. The highest BCUT2D eigenvalue weighted by atomic mass is 16.5. The van der Waals surface area contributed by atoms with Gasteiger partial charge in [0.05, 0.1) is 26.0 Å². The van der Waals surface area contributed by atoms with Gasteiger partial charge in [-0.05, 0) is 24.6 Å². The topological polar surface area (TPSA) is 52.9 Å². The Morgan fingerprint density at radius 2 is 1.81 bits per heavy atom. The molecular formula is C12H19NO3. The lowest BCUT2D eigenvalue weighted by Gasteiger charge is -2.25. The van der Waals surface area contributed by atoms with Crippen LogP contribution < -0.4 is 9.64 Å². The van der Waals surface area contributed by atoms with Gasteiger partial charge in [-0.2, -0.15) is 0 Å². The molecular weight excluding hydrogens is 206 g/mol. The van der Waals surface area contributed by atoms with Gasteiger partial charge in [-0.25, -0.2) is 0 Å². The van der Waals surface area contributed by atoms with Crippen molar-refractivity contribution in [1.29, 1.82) is 0 Å². The van der Waals surface area contributed by atoms with Crippen LogP contribution >= 0.6 is 0 Å². The van der Waals surface area contributed by atoms with Gasteiger partial charge >= 0.3 is 0 Å². The number of aliphatic hydroxyl groups is 2. The van der Waals surface area contributed by atoms with Gasteiger partial charge in [0.15, 0.2) is 0 Å². The second kappa shape index (κ2) is 6.35. The molecule has 0 aliphatic rings. The Morgan fingerprint density at radius 3 is 2.31 bits per heavy atom. The molecule has 1 aromatic rings. The number of ether oxygens (including phenoxy) is 1. The first-order valence-corrected chi connectivity index (χ1v) is 5.34. The van der Waals surface area contributed by atoms with Crippen LogP contribution in [0.1, 0.15) is 5.56 Å². The zero-order valence-corrected chi connectivity index (χ0v) is 9.81. The smallest absolute Gasteiger partial charge is 0.142 e. The number of hydrogen-bond acceptors (Lipinski definition) is 4. The zero-order valence-electron chi connectivity index (χ0n) is 9.81. The first-order chi connectivity index (χ1) is 7.72. The number of nitrogens with zero attached hydrogens (tertiary/aromatic N) is 1. The van der Waals surface area contributed by atoms with Gasteiger partial charge in [0.25, 0.3) is 0 Å². The summed E-state index contributed by atoms with van der Waals surface area (Å²) in [5.74, 6) is 0.766. The first kappa shape index (κ1) is 12.8. The monoisotopic (exact) mass is 225 g/mol. The highest BCUT2D eigenvalue weighted by molar-refractivity contribution is 5.59. The third-order valence-electron chi connectivity index (χ3n) is 2.42. The maximum atomic E-state index is 8.98. The van der Waals surface area contributed by atoms with Crippen molar-refractivity contribution in [3.05, 3.63) is 23.8 Å². The molecule has 2 N–H and O–H groups in total. The van der Waals surface area contributed by atoms with E-state index in [2.05, 4.69) is 0 Å². The van der Waals surface area contributed by atoms with Crippen LogP contribution in [0.4, 0.5) is 5.69 Å². The van der Waals surface area contributed by atoms with E-state index in [4.69, 9.17) is 14.9 Å². The summed E-state index contributed by atoms with van der Waals surface area (Å²) in [7, 11) is 1.62. The Bertz CT molecular complexity index is 322. The minimum atomic E-state index is 0.0526. The third-order valence-corrected chi connectivity index (χ3v) is 2.42. The first-order valence-electron chi connectivity index (χ1n) is 5.34. The van der Waals surface area contributed by atoms with Crippen molar-refractivity contribution in [2.75, 3.05) is 38.3 Å². The SMILES string of the molecule is COc1cc(C)ccc1N(CCO)CCO. The summed E-state index contributed by atoms with van der Waals surface area (Å²) >= 11 is 0. The number of methoxy groups -OCH3 is 1. The van der Waals surface area contributed by atoms with Gasteiger partial charge in [-0.3, -0.25) is 0 Å². The number of hydrogen-bond donors (Lipinski definition) is 2. The van der Waals surface area contributed by atoms with Crippen molar-refractivity contribution in [3.8, 4) is 5.75 Å². The van der Waals surface area contributed by atoms with Gasteiger partial charge in [0.2, 0.25) is 0 Å². The Hall–Kier alpha value is -1.26. The van der Waals surface area contributed by atoms with Crippen LogP contribution in [-0.2, 0) is 0 Å². The molecule has 1 rings (SSSR count). The van der Waals surface area contributed by atoms with E-state index in [1.54, 1.807) is 7.11 Å². The Kier molecular flexibility index (Phi) is 5.08. The fourth-order valence-electron chi connectivity index (χ4n) is 1.64. The molecule has 4 nitrogen and oxygen atoms in total. The molecule has 0 atom stereocenters. The number of anilines is 1. The van der Waals surface area contributed by atoms with Crippen molar-refractivity contribution in [3.63, 3.8) is 0 Å². The maximum absolute atomic E-state index is 8.98. The minimum absolute atomic E-state index is 0.0526. The lowest BCUT2D eigenvalue weighted by Crippen LogP contribution is -2.30. The van der Waals surface area contributed by atoms with Gasteiger partial charge in [-0.15, -0.1) is 0 Å². The summed E-state index contributed by atoms with van der Waals surface area (Å²) in [5.41, 5.74) is 2.02. The fraction of sp³-hybridized carbons (Fsp3) is 0.500. The van der Waals surface area contributed by atoms with Crippen molar-refractivity contribution in [2.45, 2.75) is 6.92 Å². The molecule has 0 fully saturated rings. The average molecular weight is 225 g/mol. The molecule has 16 heavy (non-hydrogen) atoms. The Balaban J connectivity index is 2.97.